The fourth-order valence-electron chi connectivity index (χ4n) is 1.39. The van der Waals surface area contributed by atoms with E-state index in [0.29, 0.717) is 4.91 Å². The number of thioether (sulfide) groups is 1. The third-order valence-corrected chi connectivity index (χ3v) is 3.75. The van der Waals surface area contributed by atoms with Gasteiger partial charge in [0.1, 0.15) is 0 Å². The van der Waals surface area contributed by atoms with Crippen LogP contribution in [0.4, 0.5) is 4.79 Å². The van der Waals surface area contributed by atoms with Gasteiger partial charge in [0.05, 0.1) is 4.91 Å². The molecule has 0 aliphatic carbocycles. The van der Waals surface area contributed by atoms with E-state index in [2.05, 4.69) is 21.2 Å². The van der Waals surface area contributed by atoms with Crippen molar-refractivity contribution < 1.29 is 9.59 Å². The molecule has 0 radical (unpaired) electrons. The van der Waals surface area contributed by atoms with E-state index in [9.17, 15) is 9.59 Å². The van der Waals surface area contributed by atoms with Gasteiger partial charge in [-0.3, -0.25) is 14.9 Å². The van der Waals surface area contributed by atoms with Crippen molar-refractivity contribution in [3.63, 3.8) is 0 Å². The lowest BCUT2D eigenvalue weighted by Crippen LogP contribution is -2.18. The molecular formula is C11H8BrNO2S. The van der Waals surface area contributed by atoms with Gasteiger partial charge in [0.2, 0.25) is 0 Å². The molecule has 0 atom stereocenters. The van der Waals surface area contributed by atoms with Gasteiger partial charge in [-0.1, -0.05) is 28.1 Å². The van der Waals surface area contributed by atoms with Crippen molar-refractivity contribution in [1.82, 2.24) is 5.32 Å². The molecule has 1 saturated heterocycles. The first-order valence-electron chi connectivity index (χ1n) is 4.58. The monoisotopic (exact) mass is 297 g/mol. The van der Waals surface area contributed by atoms with E-state index in [1.165, 1.54) is 0 Å². The molecule has 82 valence electrons. The smallest absolute Gasteiger partial charge is 0.282 e. The molecular weight excluding hydrogens is 290 g/mol. The summed E-state index contributed by atoms with van der Waals surface area (Å²) in [5.74, 6) is -0.310. The van der Waals surface area contributed by atoms with Crippen LogP contribution in [0.15, 0.2) is 33.6 Å². The summed E-state index contributed by atoms with van der Waals surface area (Å²) in [5.41, 5.74) is 1.76. The minimum atomic E-state index is -0.310. The van der Waals surface area contributed by atoms with Crippen molar-refractivity contribution in [2.24, 2.45) is 0 Å². The Morgan fingerprint density at radius 3 is 2.38 bits per heavy atom. The van der Waals surface area contributed by atoms with E-state index < -0.39 is 0 Å². The summed E-state index contributed by atoms with van der Waals surface area (Å²) in [6, 6.07) is 7.61. The Morgan fingerprint density at radius 2 is 1.88 bits per heavy atom. The normalized spacial score (nSPS) is 18.6. The number of hydrogen-bond acceptors (Lipinski definition) is 3. The molecule has 3 nitrogen and oxygen atoms in total. The zero-order chi connectivity index (χ0) is 11.7. The highest BCUT2D eigenvalue weighted by atomic mass is 79.9. The predicted molar refractivity (Wildman–Crippen MR) is 67.9 cm³/mol. The highest BCUT2D eigenvalue weighted by Crippen LogP contribution is 2.31. The zero-order valence-corrected chi connectivity index (χ0v) is 10.8. The van der Waals surface area contributed by atoms with Gasteiger partial charge in [-0.05, 0) is 42.0 Å². The number of benzene rings is 1. The van der Waals surface area contributed by atoms with Crippen molar-refractivity contribution in [1.29, 1.82) is 0 Å². The van der Waals surface area contributed by atoms with Crippen molar-refractivity contribution in [2.45, 2.75) is 6.92 Å². The second-order valence-electron chi connectivity index (χ2n) is 3.30. The minimum Gasteiger partial charge on any atom is -0.282 e. The number of amides is 2. The van der Waals surface area contributed by atoms with Crippen LogP contribution in [0.25, 0.3) is 5.57 Å². The maximum absolute atomic E-state index is 11.4. The molecule has 1 aromatic carbocycles. The highest BCUT2D eigenvalue weighted by Gasteiger charge is 2.27. The summed E-state index contributed by atoms with van der Waals surface area (Å²) >= 11 is 4.29. The van der Waals surface area contributed by atoms with Crippen molar-refractivity contribution in [2.75, 3.05) is 0 Å². The number of nitrogens with one attached hydrogen (secondary N) is 1. The molecule has 0 aromatic heterocycles. The third kappa shape index (κ3) is 2.20. The molecule has 1 aliphatic rings. The van der Waals surface area contributed by atoms with Crippen LogP contribution in [0.3, 0.4) is 0 Å². The number of rotatable bonds is 1. The maximum atomic E-state index is 11.4. The summed E-state index contributed by atoms with van der Waals surface area (Å²) in [5, 5.41) is 1.94. The molecule has 0 saturated carbocycles. The summed E-state index contributed by atoms with van der Waals surface area (Å²) in [4.78, 5) is 23.0. The lowest BCUT2D eigenvalue weighted by Gasteiger charge is -2.03. The van der Waals surface area contributed by atoms with Gasteiger partial charge in [-0.2, -0.15) is 0 Å². The van der Waals surface area contributed by atoms with E-state index in [1.807, 2.05) is 31.2 Å². The Bertz CT molecular complexity index is 493. The summed E-state index contributed by atoms with van der Waals surface area (Å²) in [7, 11) is 0. The number of allylic oxidation sites excluding steroid dienone is 1. The molecule has 2 amide bonds. The maximum Gasteiger partial charge on any atom is 0.290 e. The van der Waals surface area contributed by atoms with Gasteiger partial charge in [0, 0.05) is 4.47 Å². The Morgan fingerprint density at radius 1 is 1.25 bits per heavy atom. The van der Waals surface area contributed by atoms with Gasteiger partial charge < -0.3 is 0 Å². The van der Waals surface area contributed by atoms with Crippen LogP contribution in [0.1, 0.15) is 12.5 Å². The van der Waals surface area contributed by atoms with Gasteiger partial charge in [0.15, 0.2) is 0 Å². The molecule has 1 aliphatic heterocycles. The molecule has 0 bridgehead atoms. The average Bonchev–Trinajstić information content (AvgIpc) is 2.58. The minimum absolute atomic E-state index is 0.309. The van der Waals surface area contributed by atoms with E-state index in [4.69, 9.17) is 0 Å². The van der Waals surface area contributed by atoms with Crippen LogP contribution in [-0.4, -0.2) is 11.1 Å². The number of halogens is 1. The van der Waals surface area contributed by atoms with Crippen LogP contribution in [-0.2, 0) is 4.79 Å². The van der Waals surface area contributed by atoms with Crippen LogP contribution >= 0.6 is 27.7 Å². The molecule has 1 fully saturated rings. The molecule has 1 N–H and O–H groups in total. The topological polar surface area (TPSA) is 46.2 Å². The van der Waals surface area contributed by atoms with E-state index in [1.54, 1.807) is 0 Å². The molecule has 5 heteroatoms. The van der Waals surface area contributed by atoms with Gasteiger partial charge in [0.25, 0.3) is 11.1 Å². The second kappa shape index (κ2) is 4.43. The van der Waals surface area contributed by atoms with Crippen LogP contribution in [0.5, 0.6) is 0 Å². The second-order valence-corrected chi connectivity index (χ2v) is 5.20. The summed E-state index contributed by atoms with van der Waals surface area (Å²) in [6.07, 6.45) is 0. The molecule has 0 spiro atoms. The number of hydrogen-bond donors (Lipinski definition) is 1. The van der Waals surface area contributed by atoms with E-state index in [0.717, 1.165) is 27.4 Å². The third-order valence-electron chi connectivity index (χ3n) is 2.23. The molecule has 1 aromatic rings. The van der Waals surface area contributed by atoms with Crippen molar-refractivity contribution in [3.05, 3.63) is 39.2 Å². The SMILES string of the molecule is C/C(=C1\SC(=O)NC1=O)c1ccc(Br)cc1. The first-order valence-corrected chi connectivity index (χ1v) is 6.19. The zero-order valence-electron chi connectivity index (χ0n) is 8.41. The largest absolute Gasteiger partial charge is 0.290 e. The summed E-state index contributed by atoms with van der Waals surface area (Å²) in [6.45, 7) is 1.84. The van der Waals surface area contributed by atoms with Crippen molar-refractivity contribution in [3.8, 4) is 0 Å². The van der Waals surface area contributed by atoms with Gasteiger partial charge in [-0.25, -0.2) is 0 Å². The summed E-state index contributed by atoms with van der Waals surface area (Å²) < 4.78 is 0.980. The Balaban J connectivity index is 2.41. The molecule has 0 unspecified atom stereocenters. The standard InChI is InChI=1S/C11H8BrNO2S/c1-6(7-2-4-8(12)5-3-7)9-10(14)13-11(15)16-9/h2-5H,1H3,(H,13,14,15)/b9-6+. The Labute approximate surface area is 105 Å². The number of imide groups is 1. The first kappa shape index (κ1) is 11.4. The Hall–Kier alpha value is -1.07. The quantitative estimate of drug-likeness (QED) is 0.810. The lowest BCUT2D eigenvalue weighted by atomic mass is 10.1. The average molecular weight is 298 g/mol. The molecule has 2 rings (SSSR count). The predicted octanol–water partition coefficient (Wildman–Crippen LogP) is 3.16. The number of carbonyl (C=O) groups is 2. The number of carbonyl (C=O) groups excluding carboxylic acids is 2. The van der Waals surface area contributed by atoms with E-state index in [-0.39, 0.29) is 11.1 Å². The van der Waals surface area contributed by atoms with Crippen LogP contribution in [0.2, 0.25) is 0 Å². The molecule has 16 heavy (non-hydrogen) atoms. The highest BCUT2D eigenvalue weighted by molar-refractivity contribution is 9.10. The lowest BCUT2D eigenvalue weighted by molar-refractivity contribution is -0.115. The van der Waals surface area contributed by atoms with Crippen molar-refractivity contribution >= 4 is 44.4 Å². The van der Waals surface area contributed by atoms with Gasteiger partial charge in [-0.15, -0.1) is 0 Å². The fourth-order valence-corrected chi connectivity index (χ4v) is 2.40. The van der Waals surface area contributed by atoms with Crippen LogP contribution in [0, 0.1) is 0 Å². The van der Waals surface area contributed by atoms with Crippen LogP contribution < -0.4 is 5.32 Å². The first-order chi connectivity index (χ1) is 7.58. The Kier molecular flexibility index (Phi) is 3.16. The fraction of sp³-hybridized carbons (Fsp3) is 0.0909. The molecule has 1 heterocycles. The van der Waals surface area contributed by atoms with E-state index >= 15 is 0 Å². The van der Waals surface area contributed by atoms with Gasteiger partial charge >= 0.3 is 0 Å².